The van der Waals surface area contributed by atoms with Crippen molar-refractivity contribution in [2.45, 2.75) is 0 Å². The maximum atomic E-state index is 0. The van der Waals surface area contributed by atoms with Crippen molar-refractivity contribution in [1.82, 2.24) is 0 Å². The van der Waals surface area contributed by atoms with Crippen molar-refractivity contribution in [1.29, 1.82) is 0 Å². The summed E-state index contributed by atoms with van der Waals surface area (Å²) in [5, 5.41) is 0. The molecule has 0 saturated carbocycles. The summed E-state index contributed by atoms with van der Waals surface area (Å²) in [6, 6.07) is 0. The molecule has 0 bridgehead atoms. The molecule has 0 amide bonds. The van der Waals surface area contributed by atoms with Crippen LogP contribution in [0.25, 0.3) is 0 Å². The molecule has 2 radical (unpaired) electrons. The fourth-order valence-electron chi connectivity index (χ4n) is 0. The van der Waals surface area contributed by atoms with E-state index in [1.54, 1.807) is 0 Å². The first-order chi connectivity index (χ1) is 0. The summed E-state index contributed by atoms with van der Waals surface area (Å²) in [4.78, 5) is 0. The molecule has 0 unspecified atom stereocenters. The molecule has 0 aliphatic carbocycles. The van der Waals surface area contributed by atoms with E-state index in [1.165, 1.54) is 0 Å². The molecule has 0 aliphatic heterocycles. The number of hydrogen-bond acceptors (Lipinski definition) is 0. The van der Waals surface area contributed by atoms with Crippen LogP contribution in [0.4, 0.5) is 0 Å². The number of rotatable bonds is 0. The molecule has 0 atom stereocenters. The molecule has 46 valence electrons. The molecule has 5 heavy (non-hydrogen) atoms. The van der Waals surface area contributed by atoms with Crippen LogP contribution in [0, 0.1) is 0 Å². The van der Waals surface area contributed by atoms with Crippen molar-refractivity contribution >= 4 is 37.2 Å². The molecule has 0 N–H and O–H groups in total. The Morgan fingerprint density at radius 1 is 0.400 bits per heavy atom. The Hall–Kier alpha value is 1.91. The Bertz CT molecular complexity index is 4.85. The standard InChI is InChI=1S/3ClH.2Cu/h3*1H;;. The molecule has 0 nitrogen and oxygen atoms in total. The van der Waals surface area contributed by atoms with Gasteiger partial charge in [0.05, 0.1) is 0 Å². The minimum atomic E-state index is 0. The van der Waals surface area contributed by atoms with E-state index in [9.17, 15) is 0 Å². The van der Waals surface area contributed by atoms with E-state index in [-0.39, 0.29) is 71.4 Å². The molecular formula is H3Cl3Cu2. The molecule has 0 saturated heterocycles. The quantitative estimate of drug-likeness (QED) is 0.556. The van der Waals surface area contributed by atoms with Gasteiger partial charge in [-0.15, -0.1) is 37.2 Å². The molecule has 0 aromatic carbocycles. The zero-order valence-corrected chi connectivity index (χ0v) is 6.16. The van der Waals surface area contributed by atoms with Gasteiger partial charge in [0.15, 0.2) is 0 Å². The zero-order chi connectivity index (χ0) is 0. The van der Waals surface area contributed by atoms with Crippen LogP contribution in [0.15, 0.2) is 0 Å². The van der Waals surface area contributed by atoms with Crippen molar-refractivity contribution in [3.05, 3.63) is 0 Å². The Labute approximate surface area is 71.0 Å². The molecule has 0 aromatic rings. The maximum Gasteiger partial charge on any atom is 0 e. The van der Waals surface area contributed by atoms with Gasteiger partial charge in [-0.2, -0.15) is 0 Å². The first kappa shape index (κ1) is 66.2. The van der Waals surface area contributed by atoms with Gasteiger partial charge >= 0.3 is 0 Å². The van der Waals surface area contributed by atoms with Gasteiger partial charge in [0.1, 0.15) is 0 Å². The van der Waals surface area contributed by atoms with E-state index < -0.39 is 0 Å². The van der Waals surface area contributed by atoms with E-state index in [2.05, 4.69) is 0 Å². The fourth-order valence-corrected chi connectivity index (χ4v) is 0. The largest absolute Gasteiger partial charge is 0.147 e. The first-order valence-electron chi connectivity index (χ1n) is 0. The second-order valence-corrected chi connectivity index (χ2v) is 0. The molecule has 0 aliphatic rings. The van der Waals surface area contributed by atoms with Crippen molar-refractivity contribution in [3.63, 3.8) is 0 Å². The summed E-state index contributed by atoms with van der Waals surface area (Å²) in [5.74, 6) is 0. The van der Waals surface area contributed by atoms with Gasteiger partial charge < -0.3 is 0 Å². The van der Waals surface area contributed by atoms with E-state index in [4.69, 9.17) is 0 Å². The minimum absolute atomic E-state index is 0. The monoisotopic (exact) mass is 234 g/mol. The van der Waals surface area contributed by atoms with Gasteiger partial charge in [-0.1, -0.05) is 0 Å². The van der Waals surface area contributed by atoms with Gasteiger partial charge in [0, 0.05) is 34.1 Å². The van der Waals surface area contributed by atoms with Gasteiger partial charge in [-0.05, 0) is 0 Å². The average molecular weight is 236 g/mol. The predicted molar refractivity (Wildman–Crippen MR) is 21.7 cm³/mol. The van der Waals surface area contributed by atoms with Crippen molar-refractivity contribution in [2.75, 3.05) is 0 Å². The Morgan fingerprint density at radius 3 is 0.400 bits per heavy atom. The third-order valence-corrected chi connectivity index (χ3v) is 0. The van der Waals surface area contributed by atoms with E-state index in [0.29, 0.717) is 0 Å². The van der Waals surface area contributed by atoms with Crippen molar-refractivity contribution < 1.29 is 34.1 Å². The molecule has 0 aromatic heterocycles. The summed E-state index contributed by atoms with van der Waals surface area (Å²) in [7, 11) is 0. The molecule has 0 fully saturated rings. The Morgan fingerprint density at radius 2 is 0.400 bits per heavy atom. The second-order valence-electron chi connectivity index (χ2n) is 0. The zero-order valence-electron chi connectivity index (χ0n) is 1.83. The predicted octanol–water partition coefficient (Wildman–Crippen LogP) is 1.26. The number of halogens is 3. The average Bonchev–Trinajstić information content (AvgIpc) is 0. The van der Waals surface area contributed by atoms with Crippen LogP contribution in [0.3, 0.4) is 0 Å². The van der Waals surface area contributed by atoms with Gasteiger partial charge in [-0.25, -0.2) is 0 Å². The summed E-state index contributed by atoms with van der Waals surface area (Å²) in [6.45, 7) is 0. The summed E-state index contributed by atoms with van der Waals surface area (Å²) >= 11 is 0. The molecule has 0 rings (SSSR count). The summed E-state index contributed by atoms with van der Waals surface area (Å²) in [5.41, 5.74) is 0. The van der Waals surface area contributed by atoms with Crippen LogP contribution in [0.5, 0.6) is 0 Å². The summed E-state index contributed by atoms with van der Waals surface area (Å²) in [6.07, 6.45) is 0. The first-order valence-corrected chi connectivity index (χ1v) is 0. The molecule has 0 heterocycles. The minimum Gasteiger partial charge on any atom is -0.147 e. The van der Waals surface area contributed by atoms with Crippen LogP contribution in [0.2, 0.25) is 0 Å². The SMILES string of the molecule is Cl.Cl.Cl.[Cu].[Cu]. The van der Waals surface area contributed by atoms with Crippen molar-refractivity contribution in [2.24, 2.45) is 0 Å². The fraction of sp³-hybridized carbons (Fsp3) is 0. The third kappa shape index (κ3) is 24.8. The van der Waals surface area contributed by atoms with Crippen molar-refractivity contribution in [3.8, 4) is 0 Å². The van der Waals surface area contributed by atoms with Crippen LogP contribution in [-0.4, -0.2) is 0 Å². The van der Waals surface area contributed by atoms with E-state index in [1.807, 2.05) is 0 Å². The summed E-state index contributed by atoms with van der Waals surface area (Å²) < 4.78 is 0. The van der Waals surface area contributed by atoms with Crippen LogP contribution >= 0.6 is 37.2 Å². The second kappa shape index (κ2) is 39.1. The topological polar surface area (TPSA) is 0 Å². The maximum absolute atomic E-state index is 0. The molecule has 0 spiro atoms. The molecule has 5 heteroatoms. The van der Waals surface area contributed by atoms with Gasteiger partial charge in [0.25, 0.3) is 0 Å². The van der Waals surface area contributed by atoms with E-state index in [0.717, 1.165) is 0 Å². The Kier molecular flexibility index (Phi) is 517. The van der Waals surface area contributed by atoms with Crippen LogP contribution < -0.4 is 0 Å². The third-order valence-electron chi connectivity index (χ3n) is 0. The van der Waals surface area contributed by atoms with Gasteiger partial charge in [-0.3, -0.25) is 0 Å². The normalized spacial score (nSPS) is 0. The van der Waals surface area contributed by atoms with E-state index >= 15 is 0 Å². The van der Waals surface area contributed by atoms with Crippen LogP contribution in [-0.2, 0) is 34.1 Å². The van der Waals surface area contributed by atoms with Gasteiger partial charge in [0.2, 0.25) is 0 Å². The smallest absolute Gasteiger partial charge is 0 e. The molecular weight excluding hydrogens is 233 g/mol. The Balaban J connectivity index is 0. The van der Waals surface area contributed by atoms with Crippen LogP contribution in [0.1, 0.15) is 0 Å². The number of hydrogen-bond donors (Lipinski definition) is 0.